The Morgan fingerprint density at radius 1 is 1.04 bits per heavy atom. The van der Waals surface area contributed by atoms with Crippen molar-refractivity contribution in [3.8, 4) is 11.5 Å². The molecule has 1 aliphatic rings. The SMILES string of the molecule is CCc1ccc2c(C[NH+]3CCc4cc(OC)c(OC)cc4C3)cc(=O)oc2c1. The van der Waals surface area contributed by atoms with Gasteiger partial charge >= 0.3 is 5.63 Å². The monoisotopic (exact) mass is 380 g/mol. The summed E-state index contributed by atoms with van der Waals surface area (Å²) in [7, 11) is 3.33. The predicted octanol–water partition coefficient (Wildman–Crippen LogP) is 2.51. The summed E-state index contributed by atoms with van der Waals surface area (Å²) in [5.74, 6) is 1.54. The Labute approximate surface area is 164 Å². The lowest BCUT2D eigenvalue weighted by atomic mass is 9.98. The van der Waals surface area contributed by atoms with Crippen LogP contribution in [0.3, 0.4) is 0 Å². The van der Waals surface area contributed by atoms with Gasteiger partial charge in [0.1, 0.15) is 18.7 Å². The van der Waals surface area contributed by atoms with Crippen LogP contribution in [0.5, 0.6) is 11.5 Å². The van der Waals surface area contributed by atoms with Gasteiger partial charge in [0.15, 0.2) is 11.5 Å². The van der Waals surface area contributed by atoms with E-state index in [0.717, 1.165) is 54.9 Å². The van der Waals surface area contributed by atoms with Gasteiger partial charge in [-0.05, 0) is 35.7 Å². The molecule has 4 rings (SSSR count). The molecule has 1 N–H and O–H groups in total. The van der Waals surface area contributed by atoms with Crippen molar-refractivity contribution < 1.29 is 18.8 Å². The maximum atomic E-state index is 12.1. The molecule has 1 unspecified atom stereocenters. The topological polar surface area (TPSA) is 53.1 Å². The molecule has 1 atom stereocenters. The van der Waals surface area contributed by atoms with Crippen LogP contribution in [0.4, 0.5) is 0 Å². The molecule has 3 aromatic rings. The van der Waals surface area contributed by atoms with Gasteiger partial charge in [-0.3, -0.25) is 0 Å². The second-order valence-corrected chi connectivity index (χ2v) is 7.35. The summed E-state index contributed by atoms with van der Waals surface area (Å²) < 4.78 is 16.3. The van der Waals surface area contributed by atoms with E-state index in [-0.39, 0.29) is 5.63 Å². The average molecular weight is 380 g/mol. The van der Waals surface area contributed by atoms with Gasteiger partial charge in [-0.25, -0.2) is 4.79 Å². The van der Waals surface area contributed by atoms with E-state index in [9.17, 15) is 4.79 Å². The molecule has 5 heteroatoms. The van der Waals surface area contributed by atoms with Crippen molar-refractivity contribution >= 4 is 11.0 Å². The van der Waals surface area contributed by atoms with E-state index in [1.807, 2.05) is 6.07 Å². The zero-order valence-electron chi connectivity index (χ0n) is 16.6. The Morgan fingerprint density at radius 2 is 1.79 bits per heavy atom. The minimum Gasteiger partial charge on any atom is -0.493 e. The minimum atomic E-state index is -0.279. The second kappa shape index (κ2) is 7.68. The molecule has 1 aliphatic heterocycles. The molecule has 5 nitrogen and oxygen atoms in total. The third-order valence-corrected chi connectivity index (χ3v) is 5.64. The van der Waals surface area contributed by atoms with Crippen molar-refractivity contribution in [3.05, 3.63) is 69.1 Å². The number of nitrogens with one attached hydrogen (secondary N) is 1. The van der Waals surface area contributed by atoms with Gasteiger partial charge in [0.25, 0.3) is 0 Å². The normalized spacial score (nSPS) is 16.0. The average Bonchev–Trinajstić information content (AvgIpc) is 2.71. The van der Waals surface area contributed by atoms with Gasteiger partial charge in [0.2, 0.25) is 0 Å². The van der Waals surface area contributed by atoms with Crippen molar-refractivity contribution in [1.82, 2.24) is 0 Å². The predicted molar refractivity (Wildman–Crippen MR) is 108 cm³/mol. The molecule has 1 aromatic heterocycles. The molecule has 28 heavy (non-hydrogen) atoms. The molecular formula is C23H26NO4+. The molecule has 0 saturated carbocycles. The number of methoxy groups -OCH3 is 2. The summed E-state index contributed by atoms with van der Waals surface area (Å²) in [4.78, 5) is 13.5. The number of benzene rings is 2. The van der Waals surface area contributed by atoms with E-state index in [1.54, 1.807) is 20.3 Å². The first-order valence-electron chi connectivity index (χ1n) is 9.74. The summed E-state index contributed by atoms with van der Waals surface area (Å²) in [6.45, 7) is 4.80. The van der Waals surface area contributed by atoms with Gasteiger partial charge in [-0.2, -0.15) is 0 Å². The third-order valence-electron chi connectivity index (χ3n) is 5.64. The van der Waals surface area contributed by atoms with Crippen molar-refractivity contribution in [2.24, 2.45) is 0 Å². The van der Waals surface area contributed by atoms with Crippen LogP contribution in [0.1, 0.15) is 29.2 Å². The van der Waals surface area contributed by atoms with Crippen LogP contribution in [0.15, 0.2) is 45.6 Å². The van der Waals surface area contributed by atoms with Gasteiger partial charge in [-0.15, -0.1) is 0 Å². The lowest BCUT2D eigenvalue weighted by Gasteiger charge is -2.27. The molecule has 0 saturated heterocycles. The highest BCUT2D eigenvalue weighted by atomic mass is 16.5. The van der Waals surface area contributed by atoms with Crippen LogP contribution in [-0.2, 0) is 25.9 Å². The summed E-state index contributed by atoms with van der Waals surface area (Å²) in [5.41, 5.74) is 5.22. The molecule has 0 radical (unpaired) electrons. The Kier molecular flexibility index (Phi) is 5.09. The maximum absolute atomic E-state index is 12.1. The zero-order valence-corrected chi connectivity index (χ0v) is 16.6. The summed E-state index contributed by atoms with van der Waals surface area (Å²) in [6, 6.07) is 12.0. The molecule has 0 amide bonds. The van der Waals surface area contributed by atoms with Crippen LogP contribution in [0, 0.1) is 0 Å². The smallest absolute Gasteiger partial charge is 0.336 e. The number of quaternary nitrogens is 1. The lowest BCUT2D eigenvalue weighted by Crippen LogP contribution is -3.10. The van der Waals surface area contributed by atoms with Crippen LogP contribution in [-0.4, -0.2) is 20.8 Å². The molecule has 0 aliphatic carbocycles. The quantitative estimate of drug-likeness (QED) is 0.691. The van der Waals surface area contributed by atoms with Crippen molar-refractivity contribution in [3.63, 3.8) is 0 Å². The summed E-state index contributed by atoms with van der Waals surface area (Å²) in [5, 5.41) is 1.03. The standard InChI is InChI=1S/C23H25NO4/c1-4-15-5-6-19-18(12-23(25)28-20(19)9-15)14-24-8-7-16-10-21(26-2)22(27-3)11-17(16)13-24/h5-6,9-12H,4,7-8,13-14H2,1-3H3/p+1. The van der Waals surface area contributed by atoms with E-state index >= 15 is 0 Å². The molecule has 0 fully saturated rings. The van der Waals surface area contributed by atoms with Gasteiger partial charge in [0.05, 0.1) is 20.8 Å². The molecular weight excluding hydrogens is 354 g/mol. The number of fused-ring (bicyclic) bond motifs is 2. The van der Waals surface area contributed by atoms with E-state index in [2.05, 4.69) is 31.2 Å². The van der Waals surface area contributed by atoms with E-state index in [0.29, 0.717) is 5.58 Å². The zero-order chi connectivity index (χ0) is 19.7. The number of aryl methyl sites for hydroxylation is 1. The second-order valence-electron chi connectivity index (χ2n) is 7.35. The van der Waals surface area contributed by atoms with Crippen LogP contribution < -0.4 is 20.0 Å². The highest BCUT2D eigenvalue weighted by molar-refractivity contribution is 5.80. The first-order valence-corrected chi connectivity index (χ1v) is 9.74. The molecule has 0 bridgehead atoms. The number of hydrogen-bond donors (Lipinski definition) is 1. The van der Waals surface area contributed by atoms with Crippen LogP contribution in [0.2, 0.25) is 0 Å². The molecule has 2 aromatic carbocycles. The molecule has 2 heterocycles. The fraction of sp³-hybridized carbons (Fsp3) is 0.348. The highest BCUT2D eigenvalue weighted by Crippen LogP contribution is 2.31. The summed E-state index contributed by atoms with van der Waals surface area (Å²) >= 11 is 0. The van der Waals surface area contributed by atoms with E-state index in [1.165, 1.54) is 21.6 Å². The molecule has 0 spiro atoms. The molecule has 146 valence electrons. The Balaban J connectivity index is 1.63. The lowest BCUT2D eigenvalue weighted by molar-refractivity contribution is -0.929. The van der Waals surface area contributed by atoms with E-state index in [4.69, 9.17) is 13.9 Å². The van der Waals surface area contributed by atoms with Crippen molar-refractivity contribution in [1.29, 1.82) is 0 Å². The maximum Gasteiger partial charge on any atom is 0.336 e. The first kappa shape index (κ1) is 18.6. The Morgan fingerprint density at radius 3 is 2.50 bits per heavy atom. The largest absolute Gasteiger partial charge is 0.493 e. The van der Waals surface area contributed by atoms with Crippen LogP contribution >= 0.6 is 0 Å². The van der Waals surface area contributed by atoms with Gasteiger partial charge < -0.3 is 18.8 Å². The first-order chi connectivity index (χ1) is 13.6. The van der Waals surface area contributed by atoms with Crippen molar-refractivity contribution in [2.75, 3.05) is 20.8 Å². The number of rotatable bonds is 5. The van der Waals surface area contributed by atoms with Gasteiger partial charge in [-0.1, -0.05) is 19.1 Å². The number of hydrogen-bond acceptors (Lipinski definition) is 4. The van der Waals surface area contributed by atoms with Crippen LogP contribution in [0.25, 0.3) is 11.0 Å². The Bertz CT molecular complexity index is 1070. The van der Waals surface area contributed by atoms with E-state index < -0.39 is 0 Å². The fourth-order valence-electron chi connectivity index (χ4n) is 4.09. The Hall–Kier alpha value is -2.79. The highest BCUT2D eigenvalue weighted by Gasteiger charge is 2.23. The third kappa shape index (κ3) is 3.50. The number of ether oxygens (including phenoxy) is 2. The summed E-state index contributed by atoms with van der Waals surface area (Å²) in [6.07, 6.45) is 1.90. The van der Waals surface area contributed by atoms with Gasteiger partial charge in [0, 0.05) is 29.0 Å². The minimum absolute atomic E-state index is 0.279. The van der Waals surface area contributed by atoms with Crippen molar-refractivity contribution in [2.45, 2.75) is 32.9 Å². The fourth-order valence-corrected chi connectivity index (χ4v) is 4.09.